The van der Waals surface area contributed by atoms with E-state index in [1.165, 1.54) is 12.1 Å². The van der Waals surface area contributed by atoms with Crippen LogP contribution in [0, 0.1) is 13.8 Å². The summed E-state index contributed by atoms with van der Waals surface area (Å²) >= 11 is 5.99. The molecule has 0 atom stereocenters. The average Bonchev–Trinajstić information content (AvgIpc) is 2.35. The van der Waals surface area contributed by atoms with Crippen molar-refractivity contribution in [2.75, 3.05) is 0 Å². The van der Waals surface area contributed by atoms with Gasteiger partial charge in [0.1, 0.15) is 10.9 Å². The topological polar surface area (TPSA) is 35.0 Å². The maximum absolute atomic E-state index is 12.0. The third-order valence-corrected chi connectivity index (χ3v) is 3.04. The van der Waals surface area contributed by atoms with Crippen molar-refractivity contribution in [3.05, 3.63) is 40.7 Å². The Morgan fingerprint density at radius 3 is 2.26 bits per heavy atom. The Kier molecular flexibility index (Phi) is 3.95. The molecule has 0 amide bonds. The molecule has 0 saturated heterocycles. The highest BCUT2D eigenvalue weighted by Crippen LogP contribution is 2.24. The maximum atomic E-state index is 12.0. The van der Waals surface area contributed by atoms with E-state index in [4.69, 9.17) is 11.6 Å². The molecule has 0 N–H and O–H groups in total. The SMILES string of the molecule is Cc1nc(-c2ccc(OC(F)F)cc2)nc(Cl)c1C. The second-order valence-electron chi connectivity index (χ2n) is 3.95. The van der Waals surface area contributed by atoms with E-state index in [2.05, 4.69) is 14.7 Å². The van der Waals surface area contributed by atoms with Crippen LogP contribution in [0.5, 0.6) is 5.75 Å². The van der Waals surface area contributed by atoms with Crippen LogP contribution in [0.3, 0.4) is 0 Å². The van der Waals surface area contributed by atoms with Crippen LogP contribution in [-0.2, 0) is 0 Å². The average molecular weight is 285 g/mol. The van der Waals surface area contributed by atoms with Gasteiger partial charge in [-0.1, -0.05) is 11.6 Å². The molecule has 6 heteroatoms. The Morgan fingerprint density at radius 1 is 1.11 bits per heavy atom. The van der Waals surface area contributed by atoms with Gasteiger partial charge in [-0.3, -0.25) is 0 Å². The third-order valence-electron chi connectivity index (χ3n) is 2.67. The molecule has 0 bridgehead atoms. The summed E-state index contributed by atoms with van der Waals surface area (Å²) in [5.41, 5.74) is 2.29. The van der Waals surface area contributed by atoms with Gasteiger partial charge in [-0.05, 0) is 38.1 Å². The number of aryl methyl sites for hydroxylation is 1. The lowest BCUT2D eigenvalue weighted by Crippen LogP contribution is -2.01. The lowest BCUT2D eigenvalue weighted by Gasteiger charge is -2.07. The molecule has 1 aromatic heterocycles. The van der Waals surface area contributed by atoms with E-state index in [0.29, 0.717) is 16.5 Å². The summed E-state index contributed by atoms with van der Waals surface area (Å²) in [7, 11) is 0. The summed E-state index contributed by atoms with van der Waals surface area (Å²) in [6.07, 6.45) is 0. The first-order chi connectivity index (χ1) is 8.97. The van der Waals surface area contributed by atoms with Crippen molar-refractivity contribution in [3.63, 3.8) is 0 Å². The van der Waals surface area contributed by atoms with Crippen LogP contribution in [0.25, 0.3) is 11.4 Å². The van der Waals surface area contributed by atoms with Crippen LogP contribution in [-0.4, -0.2) is 16.6 Å². The minimum atomic E-state index is -2.84. The monoisotopic (exact) mass is 284 g/mol. The predicted octanol–water partition coefficient (Wildman–Crippen LogP) is 4.02. The number of nitrogens with zero attached hydrogens (tertiary/aromatic N) is 2. The molecule has 1 aromatic carbocycles. The molecular weight excluding hydrogens is 274 g/mol. The summed E-state index contributed by atoms with van der Waals surface area (Å²) in [5, 5.41) is 0.385. The van der Waals surface area contributed by atoms with E-state index in [0.717, 1.165) is 11.3 Å². The zero-order valence-corrected chi connectivity index (χ0v) is 11.1. The number of alkyl halides is 2. The van der Waals surface area contributed by atoms with E-state index in [1.807, 2.05) is 13.8 Å². The molecule has 0 spiro atoms. The summed E-state index contributed by atoms with van der Waals surface area (Å²) in [4.78, 5) is 8.47. The Hall–Kier alpha value is -1.75. The smallest absolute Gasteiger partial charge is 0.387 e. The number of rotatable bonds is 3. The number of halogens is 3. The fraction of sp³-hybridized carbons (Fsp3) is 0.231. The van der Waals surface area contributed by atoms with Crippen molar-refractivity contribution in [1.29, 1.82) is 0 Å². The third kappa shape index (κ3) is 3.17. The lowest BCUT2D eigenvalue weighted by atomic mass is 10.2. The molecule has 2 rings (SSSR count). The first-order valence-corrected chi connectivity index (χ1v) is 5.91. The molecule has 19 heavy (non-hydrogen) atoms. The molecule has 100 valence electrons. The van der Waals surface area contributed by atoms with E-state index in [9.17, 15) is 8.78 Å². The number of aromatic nitrogens is 2. The van der Waals surface area contributed by atoms with Gasteiger partial charge in [0.05, 0.1) is 0 Å². The van der Waals surface area contributed by atoms with Crippen molar-refractivity contribution < 1.29 is 13.5 Å². The largest absolute Gasteiger partial charge is 0.435 e. The van der Waals surface area contributed by atoms with Crippen molar-refractivity contribution in [2.45, 2.75) is 20.5 Å². The van der Waals surface area contributed by atoms with Crippen molar-refractivity contribution >= 4 is 11.6 Å². The molecule has 0 aliphatic carbocycles. The van der Waals surface area contributed by atoms with E-state index < -0.39 is 6.61 Å². The fourth-order valence-corrected chi connectivity index (χ4v) is 1.73. The zero-order valence-electron chi connectivity index (χ0n) is 10.3. The molecular formula is C13H11ClF2N2O. The molecule has 0 aliphatic rings. The van der Waals surface area contributed by atoms with Gasteiger partial charge in [-0.2, -0.15) is 8.78 Å². The highest BCUT2D eigenvalue weighted by atomic mass is 35.5. The minimum absolute atomic E-state index is 0.0914. The second kappa shape index (κ2) is 5.48. The quantitative estimate of drug-likeness (QED) is 0.799. The lowest BCUT2D eigenvalue weighted by molar-refractivity contribution is -0.0498. The Balaban J connectivity index is 2.32. The molecule has 1 heterocycles. The van der Waals surface area contributed by atoms with Gasteiger partial charge >= 0.3 is 6.61 Å². The van der Waals surface area contributed by atoms with E-state index >= 15 is 0 Å². The first-order valence-electron chi connectivity index (χ1n) is 5.53. The number of benzene rings is 1. The minimum Gasteiger partial charge on any atom is -0.435 e. The molecule has 2 aromatic rings. The molecule has 0 radical (unpaired) electrons. The van der Waals surface area contributed by atoms with E-state index in [1.54, 1.807) is 12.1 Å². The summed E-state index contributed by atoms with van der Waals surface area (Å²) < 4.78 is 28.3. The van der Waals surface area contributed by atoms with Gasteiger partial charge in [-0.25, -0.2) is 9.97 Å². The Morgan fingerprint density at radius 2 is 1.74 bits per heavy atom. The number of hydrogen-bond acceptors (Lipinski definition) is 3. The van der Waals surface area contributed by atoms with Crippen molar-refractivity contribution in [3.8, 4) is 17.1 Å². The van der Waals surface area contributed by atoms with Gasteiger partial charge in [0.15, 0.2) is 5.82 Å². The maximum Gasteiger partial charge on any atom is 0.387 e. The van der Waals surface area contributed by atoms with Crippen molar-refractivity contribution in [1.82, 2.24) is 9.97 Å². The van der Waals surface area contributed by atoms with Gasteiger partial charge < -0.3 is 4.74 Å². The van der Waals surface area contributed by atoms with Crippen LogP contribution in [0.2, 0.25) is 5.15 Å². The first kappa shape index (κ1) is 13.7. The van der Waals surface area contributed by atoms with Gasteiger partial charge in [0.2, 0.25) is 0 Å². The predicted molar refractivity (Wildman–Crippen MR) is 68.6 cm³/mol. The van der Waals surface area contributed by atoms with Gasteiger partial charge in [0.25, 0.3) is 0 Å². The molecule has 0 aliphatic heterocycles. The second-order valence-corrected chi connectivity index (χ2v) is 4.31. The van der Waals surface area contributed by atoms with Gasteiger partial charge in [0, 0.05) is 16.8 Å². The normalized spacial score (nSPS) is 10.8. The zero-order chi connectivity index (χ0) is 14.0. The van der Waals surface area contributed by atoms with Crippen molar-refractivity contribution in [2.24, 2.45) is 0 Å². The van der Waals surface area contributed by atoms with E-state index in [-0.39, 0.29) is 5.75 Å². The highest BCUT2D eigenvalue weighted by Gasteiger charge is 2.09. The Labute approximate surface area is 114 Å². The number of hydrogen-bond donors (Lipinski definition) is 0. The summed E-state index contributed by atoms with van der Waals surface area (Å²) in [5.74, 6) is 0.547. The summed E-state index contributed by atoms with van der Waals surface area (Å²) in [6.45, 7) is 0.833. The van der Waals surface area contributed by atoms with Crippen LogP contribution in [0.15, 0.2) is 24.3 Å². The van der Waals surface area contributed by atoms with Crippen LogP contribution >= 0.6 is 11.6 Å². The molecule has 3 nitrogen and oxygen atoms in total. The Bertz CT molecular complexity index is 565. The highest BCUT2D eigenvalue weighted by molar-refractivity contribution is 6.30. The molecule has 0 unspecified atom stereocenters. The van der Waals surface area contributed by atoms with Gasteiger partial charge in [-0.15, -0.1) is 0 Å². The molecule has 0 saturated carbocycles. The van der Waals surface area contributed by atoms with Crippen LogP contribution in [0.4, 0.5) is 8.78 Å². The molecule has 0 fully saturated rings. The summed E-state index contributed by atoms with van der Waals surface area (Å²) in [6, 6.07) is 6.10. The standard InChI is InChI=1S/C13H11ClF2N2O/c1-7-8(2)17-12(18-11(7)14)9-3-5-10(6-4-9)19-13(15)16/h3-6,13H,1-2H3. The fourth-order valence-electron chi connectivity index (χ4n) is 1.51. The van der Waals surface area contributed by atoms with Crippen LogP contribution < -0.4 is 4.74 Å². The number of ether oxygens (including phenoxy) is 1. The van der Waals surface area contributed by atoms with Crippen LogP contribution in [0.1, 0.15) is 11.3 Å².